The molecule has 1 amide bonds. The van der Waals surface area contributed by atoms with E-state index in [0.717, 1.165) is 19.4 Å². The number of nitrogens with zero attached hydrogens (tertiary/aromatic N) is 1. The van der Waals surface area contributed by atoms with Gasteiger partial charge in [-0.15, -0.1) is 0 Å². The van der Waals surface area contributed by atoms with Crippen molar-refractivity contribution in [1.82, 2.24) is 4.90 Å². The highest BCUT2D eigenvalue weighted by Gasteiger charge is 2.20. The minimum Gasteiger partial charge on any atom is -0.481 e. The van der Waals surface area contributed by atoms with Gasteiger partial charge < -0.3 is 10.0 Å². The molecule has 1 atom stereocenters. The average Bonchev–Trinajstić information content (AvgIpc) is 2.28. The first kappa shape index (κ1) is 11.0. The van der Waals surface area contributed by atoms with Crippen molar-refractivity contribution in [2.45, 2.75) is 32.1 Å². The summed E-state index contributed by atoms with van der Waals surface area (Å²) in [6, 6.07) is 0. The fourth-order valence-electron chi connectivity index (χ4n) is 1.78. The summed E-state index contributed by atoms with van der Waals surface area (Å²) in [7, 11) is 1.81. The van der Waals surface area contributed by atoms with Crippen molar-refractivity contribution in [3.63, 3.8) is 0 Å². The van der Waals surface area contributed by atoms with Crippen LogP contribution in [0, 0.1) is 5.92 Å². The molecule has 4 heteroatoms. The Balaban J connectivity index is 2.34. The summed E-state index contributed by atoms with van der Waals surface area (Å²) in [6.07, 6.45) is 3.28. The fraction of sp³-hybridized carbons (Fsp3) is 0.800. The van der Waals surface area contributed by atoms with Crippen LogP contribution in [0.15, 0.2) is 0 Å². The summed E-state index contributed by atoms with van der Waals surface area (Å²) in [4.78, 5) is 23.4. The first-order valence-electron chi connectivity index (χ1n) is 5.05. The fourth-order valence-corrected chi connectivity index (χ4v) is 1.78. The third kappa shape index (κ3) is 3.36. The number of aliphatic carboxylic acids is 1. The maximum atomic E-state index is 11.3. The third-order valence-electron chi connectivity index (χ3n) is 2.83. The largest absolute Gasteiger partial charge is 0.481 e. The molecule has 0 saturated carbocycles. The van der Waals surface area contributed by atoms with E-state index in [0.29, 0.717) is 18.8 Å². The third-order valence-corrected chi connectivity index (χ3v) is 2.83. The van der Waals surface area contributed by atoms with Gasteiger partial charge in [0, 0.05) is 26.4 Å². The number of likely N-dealkylation sites (tertiary alicyclic amines) is 1. The highest BCUT2D eigenvalue weighted by molar-refractivity contribution is 5.76. The lowest BCUT2D eigenvalue weighted by atomic mass is 9.95. The Morgan fingerprint density at radius 3 is 2.93 bits per heavy atom. The Morgan fingerprint density at radius 1 is 1.57 bits per heavy atom. The number of carboxylic acid groups (broad SMARTS) is 1. The molecule has 14 heavy (non-hydrogen) atoms. The molecule has 0 aromatic heterocycles. The van der Waals surface area contributed by atoms with Crippen LogP contribution in [0.2, 0.25) is 0 Å². The highest BCUT2D eigenvalue weighted by Crippen LogP contribution is 2.21. The molecule has 1 rings (SSSR count). The molecule has 0 radical (unpaired) electrons. The van der Waals surface area contributed by atoms with Gasteiger partial charge in [-0.05, 0) is 25.2 Å². The Kier molecular flexibility index (Phi) is 3.92. The molecule has 1 heterocycles. The topological polar surface area (TPSA) is 57.6 Å². The Hall–Kier alpha value is -1.06. The summed E-state index contributed by atoms with van der Waals surface area (Å²) >= 11 is 0. The van der Waals surface area contributed by atoms with Crippen molar-refractivity contribution in [3.05, 3.63) is 0 Å². The second kappa shape index (κ2) is 4.98. The van der Waals surface area contributed by atoms with Crippen LogP contribution < -0.4 is 0 Å². The average molecular weight is 199 g/mol. The molecule has 4 nitrogen and oxygen atoms in total. The normalized spacial score (nSPS) is 23.4. The van der Waals surface area contributed by atoms with Gasteiger partial charge in [-0.25, -0.2) is 0 Å². The predicted octanol–water partition coefficient (Wildman–Crippen LogP) is 1.11. The number of amides is 1. The van der Waals surface area contributed by atoms with Crippen LogP contribution in [0.5, 0.6) is 0 Å². The summed E-state index contributed by atoms with van der Waals surface area (Å²) in [5.41, 5.74) is 0. The van der Waals surface area contributed by atoms with E-state index in [9.17, 15) is 9.59 Å². The van der Waals surface area contributed by atoms with E-state index in [1.807, 2.05) is 7.05 Å². The van der Waals surface area contributed by atoms with Gasteiger partial charge in [0.25, 0.3) is 0 Å². The quantitative estimate of drug-likeness (QED) is 0.740. The van der Waals surface area contributed by atoms with Gasteiger partial charge >= 0.3 is 5.97 Å². The molecule has 1 saturated heterocycles. The lowest BCUT2D eigenvalue weighted by molar-refractivity contribution is -0.137. The van der Waals surface area contributed by atoms with Crippen LogP contribution in [0.4, 0.5) is 0 Å². The molecule has 1 aliphatic heterocycles. The second-order valence-corrected chi connectivity index (χ2v) is 3.94. The van der Waals surface area contributed by atoms with Gasteiger partial charge in [-0.1, -0.05) is 0 Å². The van der Waals surface area contributed by atoms with Crippen molar-refractivity contribution >= 4 is 11.9 Å². The molecule has 80 valence electrons. The second-order valence-electron chi connectivity index (χ2n) is 3.94. The summed E-state index contributed by atoms with van der Waals surface area (Å²) in [5, 5.41) is 8.54. The molecular weight excluding hydrogens is 182 g/mol. The van der Waals surface area contributed by atoms with E-state index in [4.69, 9.17) is 5.11 Å². The molecule has 0 aromatic carbocycles. The lowest BCUT2D eigenvalue weighted by Gasteiger charge is -2.14. The van der Waals surface area contributed by atoms with Crippen molar-refractivity contribution in [2.24, 2.45) is 5.92 Å². The molecule has 0 spiro atoms. The molecule has 1 N–H and O–H groups in total. The number of hydrogen-bond donors (Lipinski definition) is 1. The zero-order valence-corrected chi connectivity index (χ0v) is 8.53. The van der Waals surface area contributed by atoms with Gasteiger partial charge in [0.05, 0.1) is 0 Å². The van der Waals surface area contributed by atoms with Crippen LogP contribution >= 0.6 is 0 Å². The van der Waals surface area contributed by atoms with E-state index in [-0.39, 0.29) is 12.3 Å². The van der Waals surface area contributed by atoms with Crippen molar-refractivity contribution in [1.29, 1.82) is 0 Å². The van der Waals surface area contributed by atoms with Crippen LogP contribution in [-0.2, 0) is 9.59 Å². The van der Waals surface area contributed by atoms with Gasteiger partial charge in [0.15, 0.2) is 0 Å². The number of hydrogen-bond acceptors (Lipinski definition) is 2. The van der Waals surface area contributed by atoms with E-state index < -0.39 is 5.97 Å². The van der Waals surface area contributed by atoms with Crippen LogP contribution in [0.1, 0.15) is 32.1 Å². The minimum absolute atomic E-state index is 0.183. The zero-order chi connectivity index (χ0) is 10.6. The molecule has 1 fully saturated rings. The number of rotatable bonds is 3. The van der Waals surface area contributed by atoms with Gasteiger partial charge in [0.2, 0.25) is 5.91 Å². The summed E-state index contributed by atoms with van der Waals surface area (Å²) < 4.78 is 0. The maximum Gasteiger partial charge on any atom is 0.303 e. The van der Waals surface area contributed by atoms with E-state index in [2.05, 4.69) is 0 Å². The van der Waals surface area contributed by atoms with Crippen LogP contribution in [-0.4, -0.2) is 35.5 Å². The van der Waals surface area contributed by atoms with E-state index in [1.54, 1.807) is 4.90 Å². The van der Waals surface area contributed by atoms with Crippen molar-refractivity contribution in [2.75, 3.05) is 13.6 Å². The van der Waals surface area contributed by atoms with Crippen LogP contribution in [0.25, 0.3) is 0 Å². The minimum atomic E-state index is -0.742. The molecule has 0 bridgehead atoms. The Labute approximate surface area is 83.9 Å². The predicted molar refractivity (Wildman–Crippen MR) is 51.8 cm³/mol. The number of carbonyl (C=O) groups excluding carboxylic acids is 1. The SMILES string of the molecule is CN1CC[C@@H](CCC(=O)O)CCC1=O. The zero-order valence-electron chi connectivity index (χ0n) is 8.53. The van der Waals surface area contributed by atoms with Gasteiger partial charge in [-0.3, -0.25) is 9.59 Å². The summed E-state index contributed by atoms with van der Waals surface area (Å²) in [6.45, 7) is 0.767. The molecule has 1 aliphatic rings. The molecule has 0 aromatic rings. The molecular formula is C10H17NO3. The van der Waals surface area contributed by atoms with Gasteiger partial charge in [-0.2, -0.15) is 0 Å². The highest BCUT2D eigenvalue weighted by atomic mass is 16.4. The number of carbonyl (C=O) groups is 2. The van der Waals surface area contributed by atoms with Gasteiger partial charge in [0.1, 0.15) is 0 Å². The standard InChI is InChI=1S/C10H17NO3/c1-11-7-6-8(2-4-9(11)12)3-5-10(13)14/h8H,2-7H2,1H3,(H,13,14)/t8-/m1/s1. The lowest BCUT2D eigenvalue weighted by Crippen LogP contribution is -2.25. The van der Waals surface area contributed by atoms with Crippen molar-refractivity contribution in [3.8, 4) is 0 Å². The Bertz CT molecular complexity index is 225. The van der Waals surface area contributed by atoms with Crippen LogP contribution in [0.3, 0.4) is 0 Å². The maximum absolute atomic E-state index is 11.3. The first-order chi connectivity index (χ1) is 6.59. The Morgan fingerprint density at radius 2 is 2.29 bits per heavy atom. The monoisotopic (exact) mass is 199 g/mol. The van der Waals surface area contributed by atoms with Crippen molar-refractivity contribution < 1.29 is 14.7 Å². The molecule has 0 unspecified atom stereocenters. The van der Waals surface area contributed by atoms with E-state index >= 15 is 0 Å². The smallest absolute Gasteiger partial charge is 0.303 e. The first-order valence-corrected chi connectivity index (χ1v) is 5.05. The van der Waals surface area contributed by atoms with E-state index in [1.165, 1.54) is 0 Å². The molecule has 0 aliphatic carbocycles. The summed E-state index contributed by atoms with van der Waals surface area (Å²) in [5.74, 6) is -0.156. The number of carboxylic acids is 1.